The first-order valence-corrected chi connectivity index (χ1v) is 6.69. The normalized spacial score (nSPS) is 22.4. The molecule has 0 aliphatic carbocycles. The highest BCUT2D eigenvalue weighted by molar-refractivity contribution is 6.07. The van der Waals surface area contributed by atoms with Crippen LogP contribution in [-0.4, -0.2) is 39.5 Å². The molecule has 0 bridgehead atoms. The number of hydrogen-bond donors (Lipinski definition) is 2. The van der Waals surface area contributed by atoms with Gasteiger partial charge in [0.15, 0.2) is 0 Å². The maximum Gasteiger partial charge on any atom is 0.326 e. The van der Waals surface area contributed by atoms with Crippen LogP contribution in [-0.2, 0) is 4.79 Å². The lowest BCUT2D eigenvalue weighted by atomic mass is 10.0. The fourth-order valence-corrected chi connectivity index (χ4v) is 2.98. The fraction of sp³-hybridized carbons (Fsp3) is 0.333. The van der Waals surface area contributed by atoms with Gasteiger partial charge in [-0.15, -0.1) is 0 Å². The van der Waals surface area contributed by atoms with Crippen molar-refractivity contribution in [2.75, 3.05) is 6.54 Å². The number of aliphatic carboxylic acids is 1. The van der Waals surface area contributed by atoms with Crippen molar-refractivity contribution in [1.82, 2.24) is 9.88 Å². The lowest BCUT2D eigenvalue weighted by Crippen LogP contribution is -2.42. The third-order valence-corrected chi connectivity index (χ3v) is 4.04. The smallest absolute Gasteiger partial charge is 0.326 e. The number of fused-ring (bicyclic) bond motifs is 1. The Bertz CT molecular complexity index is 677. The van der Waals surface area contributed by atoms with Crippen molar-refractivity contribution in [3.05, 3.63) is 36.0 Å². The zero-order chi connectivity index (χ0) is 14.3. The molecule has 2 N–H and O–H groups in total. The second kappa shape index (κ2) is 4.67. The van der Waals surface area contributed by atoms with Gasteiger partial charge in [-0.2, -0.15) is 0 Å². The lowest BCUT2D eigenvalue weighted by molar-refractivity contribution is -0.142. The Morgan fingerprint density at radius 2 is 2.15 bits per heavy atom. The van der Waals surface area contributed by atoms with Gasteiger partial charge in [0.25, 0.3) is 5.91 Å². The van der Waals surface area contributed by atoms with Gasteiger partial charge in [-0.05, 0) is 30.5 Å². The topological polar surface area (TPSA) is 73.4 Å². The molecular weight excluding hydrogens is 256 g/mol. The Morgan fingerprint density at radius 1 is 1.35 bits per heavy atom. The summed E-state index contributed by atoms with van der Waals surface area (Å²) in [7, 11) is 0. The van der Waals surface area contributed by atoms with E-state index in [2.05, 4.69) is 4.98 Å². The summed E-state index contributed by atoms with van der Waals surface area (Å²) in [6, 6.07) is 6.57. The van der Waals surface area contributed by atoms with Crippen LogP contribution in [0.25, 0.3) is 10.9 Å². The van der Waals surface area contributed by atoms with Gasteiger partial charge in [-0.25, -0.2) is 4.79 Å². The van der Waals surface area contributed by atoms with Gasteiger partial charge in [-0.3, -0.25) is 4.79 Å². The zero-order valence-electron chi connectivity index (χ0n) is 11.2. The fourth-order valence-electron chi connectivity index (χ4n) is 2.98. The predicted octanol–water partition coefficient (Wildman–Crippen LogP) is 2.10. The predicted molar refractivity (Wildman–Crippen MR) is 74.5 cm³/mol. The second-order valence-electron chi connectivity index (χ2n) is 5.29. The highest BCUT2D eigenvalue weighted by atomic mass is 16.4. The molecule has 0 spiro atoms. The number of carboxylic acids is 1. The van der Waals surface area contributed by atoms with Crippen molar-refractivity contribution < 1.29 is 14.7 Å². The summed E-state index contributed by atoms with van der Waals surface area (Å²) in [6.45, 7) is 2.38. The molecule has 20 heavy (non-hydrogen) atoms. The van der Waals surface area contributed by atoms with Crippen LogP contribution in [0.3, 0.4) is 0 Å². The number of likely N-dealkylation sites (tertiary alicyclic amines) is 1. The molecule has 2 unspecified atom stereocenters. The average Bonchev–Trinajstić information content (AvgIpc) is 3.03. The number of aromatic amines is 1. The number of H-pyrrole nitrogens is 1. The van der Waals surface area contributed by atoms with Crippen LogP contribution in [0, 0.1) is 5.92 Å². The molecule has 1 saturated heterocycles. The number of amides is 1. The third kappa shape index (κ3) is 1.86. The van der Waals surface area contributed by atoms with Crippen molar-refractivity contribution in [2.24, 2.45) is 5.92 Å². The summed E-state index contributed by atoms with van der Waals surface area (Å²) in [5.41, 5.74) is 1.44. The minimum atomic E-state index is -0.926. The molecule has 1 aliphatic heterocycles. The van der Waals surface area contributed by atoms with Gasteiger partial charge in [0.05, 0.1) is 0 Å². The van der Waals surface area contributed by atoms with Crippen molar-refractivity contribution in [1.29, 1.82) is 0 Å². The van der Waals surface area contributed by atoms with E-state index in [0.717, 1.165) is 17.3 Å². The molecule has 5 heteroatoms. The maximum absolute atomic E-state index is 12.7. The molecule has 1 amide bonds. The van der Waals surface area contributed by atoms with Crippen LogP contribution < -0.4 is 0 Å². The summed E-state index contributed by atoms with van der Waals surface area (Å²) < 4.78 is 0. The van der Waals surface area contributed by atoms with Gasteiger partial charge in [0, 0.05) is 29.2 Å². The molecule has 104 valence electrons. The number of nitrogens with one attached hydrogen (secondary N) is 1. The zero-order valence-corrected chi connectivity index (χ0v) is 11.2. The second-order valence-corrected chi connectivity index (χ2v) is 5.29. The lowest BCUT2D eigenvalue weighted by Gasteiger charge is -2.23. The number of carbonyl (C=O) groups is 2. The number of nitrogens with zero attached hydrogens (tertiary/aromatic N) is 1. The van der Waals surface area contributed by atoms with Crippen molar-refractivity contribution in [3.8, 4) is 0 Å². The Labute approximate surface area is 116 Å². The van der Waals surface area contributed by atoms with Gasteiger partial charge in [0.2, 0.25) is 0 Å². The van der Waals surface area contributed by atoms with Crippen LogP contribution in [0.1, 0.15) is 23.7 Å². The first-order valence-electron chi connectivity index (χ1n) is 6.69. The molecule has 1 aromatic heterocycles. The van der Waals surface area contributed by atoms with E-state index >= 15 is 0 Å². The number of benzene rings is 1. The van der Waals surface area contributed by atoms with E-state index in [9.17, 15) is 14.7 Å². The monoisotopic (exact) mass is 272 g/mol. The summed E-state index contributed by atoms with van der Waals surface area (Å²) in [6.07, 6.45) is 2.51. The number of carbonyl (C=O) groups excluding carboxylic acids is 1. The van der Waals surface area contributed by atoms with Gasteiger partial charge in [-0.1, -0.05) is 13.0 Å². The van der Waals surface area contributed by atoms with E-state index in [-0.39, 0.29) is 11.8 Å². The largest absolute Gasteiger partial charge is 0.480 e. The molecule has 1 aliphatic rings. The minimum absolute atomic E-state index is 0.0122. The Hall–Kier alpha value is -2.30. The van der Waals surface area contributed by atoms with Crippen LogP contribution in [0.4, 0.5) is 0 Å². The Kier molecular flexibility index (Phi) is 2.97. The number of carboxylic acid groups (broad SMARTS) is 1. The molecular formula is C15H16N2O3. The van der Waals surface area contributed by atoms with Crippen molar-refractivity contribution >= 4 is 22.8 Å². The summed E-state index contributed by atoms with van der Waals surface area (Å²) in [5, 5.41) is 10.2. The Morgan fingerprint density at radius 3 is 2.90 bits per heavy atom. The summed E-state index contributed by atoms with van der Waals surface area (Å²) in [5.74, 6) is -1.14. The van der Waals surface area contributed by atoms with Gasteiger partial charge >= 0.3 is 5.97 Å². The summed E-state index contributed by atoms with van der Waals surface area (Å²) in [4.78, 5) is 28.6. The molecule has 1 aromatic carbocycles. The number of aromatic nitrogens is 1. The van der Waals surface area contributed by atoms with E-state index in [1.165, 1.54) is 4.90 Å². The highest BCUT2D eigenvalue weighted by Gasteiger charge is 2.40. The van der Waals surface area contributed by atoms with Gasteiger partial charge in [0.1, 0.15) is 6.04 Å². The quantitative estimate of drug-likeness (QED) is 0.879. The first-order chi connectivity index (χ1) is 9.59. The number of hydrogen-bond acceptors (Lipinski definition) is 2. The molecule has 0 radical (unpaired) electrons. The molecule has 2 aromatic rings. The van der Waals surface area contributed by atoms with Gasteiger partial charge < -0.3 is 15.0 Å². The van der Waals surface area contributed by atoms with Crippen LogP contribution >= 0.6 is 0 Å². The van der Waals surface area contributed by atoms with E-state index in [1.807, 2.05) is 19.1 Å². The molecule has 0 saturated carbocycles. The van der Waals surface area contributed by atoms with E-state index in [0.29, 0.717) is 12.1 Å². The molecule has 1 fully saturated rings. The minimum Gasteiger partial charge on any atom is -0.480 e. The van der Waals surface area contributed by atoms with E-state index in [1.54, 1.807) is 18.3 Å². The SMILES string of the molecule is CC1CCN(C(=O)c2cccc3[nH]ccc23)C1C(=O)O. The van der Waals surface area contributed by atoms with Crippen LogP contribution in [0.15, 0.2) is 30.5 Å². The maximum atomic E-state index is 12.7. The molecule has 2 heterocycles. The molecule has 3 rings (SSSR count). The summed E-state index contributed by atoms with van der Waals surface area (Å²) >= 11 is 0. The van der Waals surface area contributed by atoms with Crippen molar-refractivity contribution in [3.63, 3.8) is 0 Å². The third-order valence-electron chi connectivity index (χ3n) is 4.04. The van der Waals surface area contributed by atoms with Crippen LogP contribution in [0.5, 0.6) is 0 Å². The van der Waals surface area contributed by atoms with Crippen molar-refractivity contribution in [2.45, 2.75) is 19.4 Å². The molecule has 5 nitrogen and oxygen atoms in total. The standard InChI is InChI=1S/C15H16N2O3/c1-9-6-8-17(13(9)15(19)20)14(18)11-3-2-4-12-10(11)5-7-16-12/h2-5,7,9,13,16H,6,8H2,1H3,(H,19,20). The Balaban J connectivity index is 2.00. The van der Waals surface area contributed by atoms with E-state index < -0.39 is 12.0 Å². The van der Waals surface area contributed by atoms with Crippen LogP contribution in [0.2, 0.25) is 0 Å². The number of rotatable bonds is 2. The average molecular weight is 272 g/mol. The first kappa shape index (κ1) is 12.7. The molecule has 2 atom stereocenters. The van der Waals surface area contributed by atoms with E-state index in [4.69, 9.17) is 0 Å². The highest BCUT2D eigenvalue weighted by Crippen LogP contribution is 2.28.